The third-order valence-corrected chi connectivity index (χ3v) is 3.76. The maximum Gasteiger partial charge on any atom is 0.0614 e. The van der Waals surface area contributed by atoms with Crippen molar-refractivity contribution in [2.75, 3.05) is 31.2 Å². The maximum atomic E-state index is 5.95. The summed E-state index contributed by atoms with van der Waals surface area (Å²) in [6.07, 6.45) is 2.65. The molecule has 17 heavy (non-hydrogen) atoms. The van der Waals surface area contributed by atoms with Crippen LogP contribution in [0.5, 0.6) is 0 Å². The number of hydrogen-bond donors (Lipinski definition) is 2. The summed E-state index contributed by atoms with van der Waals surface area (Å²) in [6.45, 7) is 1.86. The van der Waals surface area contributed by atoms with Gasteiger partial charge in [0.05, 0.1) is 21.4 Å². The summed E-state index contributed by atoms with van der Waals surface area (Å²) < 4.78 is 0. The Kier molecular flexibility index (Phi) is 4.02. The van der Waals surface area contributed by atoms with Gasteiger partial charge in [-0.05, 0) is 32.0 Å². The van der Waals surface area contributed by atoms with Crippen LogP contribution in [0.4, 0.5) is 11.4 Å². The van der Waals surface area contributed by atoms with Crippen LogP contribution in [-0.2, 0) is 0 Å². The summed E-state index contributed by atoms with van der Waals surface area (Å²) in [5.74, 6) is 0. The topological polar surface area (TPSA) is 41.3 Å². The van der Waals surface area contributed by atoms with Crippen molar-refractivity contribution in [1.29, 1.82) is 0 Å². The van der Waals surface area contributed by atoms with Gasteiger partial charge in [0.1, 0.15) is 0 Å². The van der Waals surface area contributed by atoms with E-state index in [2.05, 4.69) is 17.3 Å². The molecule has 0 radical (unpaired) electrons. The van der Waals surface area contributed by atoms with Crippen molar-refractivity contribution in [3.63, 3.8) is 0 Å². The van der Waals surface area contributed by atoms with Gasteiger partial charge in [0.15, 0.2) is 0 Å². The highest BCUT2D eigenvalue weighted by Crippen LogP contribution is 2.30. The summed E-state index contributed by atoms with van der Waals surface area (Å²) in [5.41, 5.74) is 7.34. The van der Waals surface area contributed by atoms with E-state index in [-0.39, 0.29) is 0 Å². The second kappa shape index (κ2) is 5.34. The lowest BCUT2D eigenvalue weighted by molar-refractivity contribution is 0.337. The summed E-state index contributed by atoms with van der Waals surface area (Å²) in [4.78, 5) is 2.36. The molecule has 0 amide bonds. The molecule has 94 valence electrons. The zero-order valence-electron chi connectivity index (χ0n) is 9.84. The Morgan fingerprint density at radius 1 is 1.35 bits per heavy atom. The van der Waals surface area contributed by atoms with Crippen molar-refractivity contribution in [2.24, 2.45) is 0 Å². The van der Waals surface area contributed by atoms with Crippen molar-refractivity contribution in [3.8, 4) is 0 Å². The van der Waals surface area contributed by atoms with Crippen LogP contribution in [0.25, 0.3) is 0 Å². The van der Waals surface area contributed by atoms with E-state index in [1.54, 1.807) is 12.1 Å². The quantitative estimate of drug-likeness (QED) is 0.811. The SMILES string of the molecule is CN(CCNc1cc(Cl)c(Cl)cc1N)C1CC1. The van der Waals surface area contributed by atoms with Crippen molar-refractivity contribution < 1.29 is 0 Å². The number of anilines is 2. The summed E-state index contributed by atoms with van der Waals surface area (Å²) >= 11 is 11.8. The summed E-state index contributed by atoms with van der Waals surface area (Å²) in [6, 6.07) is 4.23. The first kappa shape index (κ1) is 12.8. The fraction of sp³-hybridized carbons (Fsp3) is 0.500. The van der Waals surface area contributed by atoms with Gasteiger partial charge in [-0.15, -0.1) is 0 Å². The highest BCUT2D eigenvalue weighted by atomic mass is 35.5. The number of nitrogens with zero attached hydrogens (tertiary/aromatic N) is 1. The molecule has 0 saturated heterocycles. The Hall–Kier alpha value is -0.640. The molecular weight excluding hydrogens is 257 g/mol. The lowest BCUT2D eigenvalue weighted by Gasteiger charge is -2.17. The van der Waals surface area contributed by atoms with Crippen LogP contribution in [0.3, 0.4) is 0 Å². The number of hydrogen-bond acceptors (Lipinski definition) is 3. The minimum atomic E-state index is 0.491. The molecule has 0 unspecified atom stereocenters. The van der Waals surface area contributed by atoms with Crippen LogP contribution >= 0.6 is 23.2 Å². The molecule has 3 N–H and O–H groups in total. The monoisotopic (exact) mass is 273 g/mol. The average molecular weight is 274 g/mol. The minimum absolute atomic E-state index is 0.491. The molecule has 2 rings (SSSR count). The van der Waals surface area contributed by atoms with Gasteiger partial charge >= 0.3 is 0 Å². The van der Waals surface area contributed by atoms with Gasteiger partial charge in [0.2, 0.25) is 0 Å². The Balaban J connectivity index is 1.87. The number of benzene rings is 1. The molecule has 1 saturated carbocycles. The lowest BCUT2D eigenvalue weighted by atomic mass is 10.2. The normalized spacial score (nSPS) is 15.3. The highest BCUT2D eigenvalue weighted by molar-refractivity contribution is 6.42. The van der Waals surface area contributed by atoms with Crippen molar-refractivity contribution in [2.45, 2.75) is 18.9 Å². The molecular formula is C12H17Cl2N3. The van der Waals surface area contributed by atoms with Crippen LogP contribution in [0.15, 0.2) is 12.1 Å². The van der Waals surface area contributed by atoms with E-state index >= 15 is 0 Å². The van der Waals surface area contributed by atoms with Crippen LogP contribution in [0, 0.1) is 0 Å². The van der Waals surface area contributed by atoms with Gasteiger partial charge in [0.25, 0.3) is 0 Å². The van der Waals surface area contributed by atoms with Crippen LogP contribution in [0.1, 0.15) is 12.8 Å². The van der Waals surface area contributed by atoms with Crippen LogP contribution in [-0.4, -0.2) is 31.1 Å². The predicted molar refractivity (Wildman–Crippen MR) is 75.0 cm³/mol. The smallest absolute Gasteiger partial charge is 0.0614 e. The molecule has 1 aromatic carbocycles. The van der Waals surface area contributed by atoms with Gasteiger partial charge in [-0.3, -0.25) is 0 Å². The van der Waals surface area contributed by atoms with E-state index in [0.717, 1.165) is 24.8 Å². The number of nitrogen functional groups attached to an aromatic ring is 1. The fourth-order valence-corrected chi connectivity index (χ4v) is 2.12. The molecule has 1 fully saturated rings. The summed E-state index contributed by atoms with van der Waals surface area (Å²) in [5, 5.41) is 4.30. The molecule has 0 bridgehead atoms. The number of nitrogens with two attached hydrogens (primary N) is 1. The molecule has 3 nitrogen and oxygen atoms in total. The third kappa shape index (κ3) is 3.41. The van der Waals surface area contributed by atoms with Crippen LogP contribution in [0.2, 0.25) is 10.0 Å². The number of likely N-dealkylation sites (N-methyl/N-ethyl adjacent to an activating group) is 1. The largest absolute Gasteiger partial charge is 0.397 e. The number of halogens is 2. The van der Waals surface area contributed by atoms with Gasteiger partial charge in [-0.25, -0.2) is 0 Å². The second-order valence-corrected chi connectivity index (χ2v) is 5.31. The van der Waals surface area contributed by atoms with E-state index in [4.69, 9.17) is 28.9 Å². The van der Waals surface area contributed by atoms with Crippen molar-refractivity contribution >= 4 is 34.6 Å². The fourth-order valence-electron chi connectivity index (χ4n) is 1.78. The zero-order valence-corrected chi connectivity index (χ0v) is 11.4. The Morgan fingerprint density at radius 2 is 2.00 bits per heavy atom. The van der Waals surface area contributed by atoms with Crippen molar-refractivity contribution in [1.82, 2.24) is 4.90 Å². The molecule has 0 spiro atoms. The Labute approximate surface area is 112 Å². The molecule has 0 heterocycles. The Bertz CT molecular complexity index is 405. The molecule has 1 aromatic rings. The molecule has 0 atom stereocenters. The van der Waals surface area contributed by atoms with E-state index in [1.165, 1.54) is 12.8 Å². The Morgan fingerprint density at radius 3 is 2.65 bits per heavy atom. The molecule has 0 aliphatic heterocycles. The minimum Gasteiger partial charge on any atom is -0.397 e. The molecule has 1 aliphatic carbocycles. The second-order valence-electron chi connectivity index (χ2n) is 4.49. The molecule has 1 aliphatic rings. The first-order valence-corrected chi connectivity index (χ1v) is 6.52. The van der Waals surface area contributed by atoms with Gasteiger partial charge in [-0.1, -0.05) is 23.2 Å². The average Bonchev–Trinajstić information content (AvgIpc) is 3.09. The van der Waals surface area contributed by atoms with Gasteiger partial charge < -0.3 is 16.0 Å². The predicted octanol–water partition coefficient (Wildman–Crippen LogP) is 3.08. The highest BCUT2D eigenvalue weighted by Gasteiger charge is 2.25. The number of rotatable bonds is 5. The third-order valence-electron chi connectivity index (χ3n) is 3.04. The molecule has 0 aromatic heterocycles. The first-order chi connectivity index (χ1) is 8.08. The van der Waals surface area contributed by atoms with E-state index in [0.29, 0.717) is 15.7 Å². The van der Waals surface area contributed by atoms with Crippen LogP contribution < -0.4 is 11.1 Å². The van der Waals surface area contributed by atoms with Gasteiger partial charge in [0, 0.05) is 19.1 Å². The number of nitrogens with one attached hydrogen (secondary N) is 1. The first-order valence-electron chi connectivity index (χ1n) is 5.76. The van der Waals surface area contributed by atoms with Gasteiger partial charge in [-0.2, -0.15) is 0 Å². The maximum absolute atomic E-state index is 5.95. The van der Waals surface area contributed by atoms with E-state index in [1.807, 2.05) is 0 Å². The van der Waals surface area contributed by atoms with E-state index in [9.17, 15) is 0 Å². The van der Waals surface area contributed by atoms with E-state index < -0.39 is 0 Å². The molecule has 5 heteroatoms. The zero-order chi connectivity index (χ0) is 12.4. The standard InChI is InChI=1S/C12H17Cl2N3/c1-17(8-2-3-8)5-4-16-12-7-10(14)9(13)6-11(12)15/h6-8,16H,2-5,15H2,1H3. The summed E-state index contributed by atoms with van der Waals surface area (Å²) in [7, 11) is 2.15. The lowest BCUT2D eigenvalue weighted by Crippen LogP contribution is -2.27. The van der Waals surface area contributed by atoms with Crippen molar-refractivity contribution in [3.05, 3.63) is 22.2 Å².